The Morgan fingerprint density at radius 1 is 1.06 bits per heavy atom. The molecular formula is C29H36N4O2S. The highest BCUT2D eigenvalue weighted by Crippen LogP contribution is 2.42. The maximum atomic E-state index is 13.6. The summed E-state index contributed by atoms with van der Waals surface area (Å²) in [5.74, 6) is -0.421. The summed E-state index contributed by atoms with van der Waals surface area (Å²) in [6.07, 6.45) is 1.77. The first kappa shape index (κ1) is 26.0. The molecule has 0 saturated carbocycles. The molecule has 7 heteroatoms. The van der Waals surface area contributed by atoms with Crippen molar-refractivity contribution in [2.75, 3.05) is 6.54 Å². The molecule has 36 heavy (non-hydrogen) atoms. The van der Waals surface area contributed by atoms with Crippen LogP contribution < -0.4 is 11.1 Å². The minimum Gasteiger partial charge on any atom is -0.343 e. The topological polar surface area (TPSA) is 88.3 Å². The number of thiazole rings is 1. The molecule has 6 nitrogen and oxygen atoms in total. The molecule has 1 aliphatic heterocycles. The van der Waals surface area contributed by atoms with Gasteiger partial charge in [-0.25, -0.2) is 4.98 Å². The van der Waals surface area contributed by atoms with Crippen LogP contribution in [-0.4, -0.2) is 40.3 Å². The molecule has 2 aromatic carbocycles. The van der Waals surface area contributed by atoms with Gasteiger partial charge in [0, 0.05) is 11.9 Å². The van der Waals surface area contributed by atoms with Crippen LogP contribution in [0.1, 0.15) is 68.4 Å². The van der Waals surface area contributed by atoms with Crippen LogP contribution in [0.3, 0.4) is 0 Å². The summed E-state index contributed by atoms with van der Waals surface area (Å²) < 4.78 is 0. The lowest BCUT2D eigenvalue weighted by atomic mass is 9.74. The van der Waals surface area contributed by atoms with E-state index in [1.54, 1.807) is 18.3 Å². The molecule has 190 valence electrons. The lowest BCUT2D eigenvalue weighted by Crippen LogP contribution is -2.54. The van der Waals surface area contributed by atoms with E-state index in [2.05, 4.69) is 66.2 Å². The molecule has 2 heterocycles. The second kappa shape index (κ2) is 10.9. The fourth-order valence-electron chi connectivity index (χ4n) is 4.94. The van der Waals surface area contributed by atoms with Gasteiger partial charge >= 0.3 is 0 Å². The summed E-state index contributed by atoms with van der Waals surface area (Å²) in [7, 11) is 0. The van der Waals surface area contributed by atoms with Crippen molar-refractivity contribution in [2.45, 2.75) is 64.1 Å². The van der Waals surface area contributed by atoms with Crippen molar-refractivity contribution in [1.29, 1.82) is 0 Å². The van der Waals surface area contributed by atoms with E-state index in [1.165, 1.54) is 11.1 Å². The molecule has 3 atom stereocenters. The second-order valence-corrected chi connectivity index (χ2v) is 11.0. The highest BCUT2D eigenvalue weighted by atomic mass is 32.1. The van der Waals surface area contributed by atoms with Gasteiger partial charge in [0.25, 0.3) is 0 Å². The van der Waals surface area contributed by atoms with E-state index in [0.717, 1.165) is 23.5 Å². The van der Waals surface area contributed by atoms with Gasteiger partial charge in [-0.1, -0.05) is 74.5 Å². The van der Waals surface area contributed by atoms with Crippen molar-refractivity contribution in [2.24, 2.45) is 11.7 Å². The molecule has 3 N–H and O–H groups in total. The van der Waals surface area contributed by atoms with Gasteiger partial charge in [0.15, 0.2) is 0 Å². The number of carbonyl (C=O) groups is 2. The number of hydrogen-bond donors (Lipinski definition) is 2. The van der Waals surface area contributed by atoms with Gasteiger partial charge < -0.3 is 16.0 Å². The monoisotopic (exact) mass is 504 g/mol. The Labute approximate surface area is 217 Å². The van der Waals surface area contributed by atoms with Crippen molar-refractivity contribution in [3.05, 3.63) is 87.9 Å². The van der Waals surface area contributed by atoms with E-state index >= 15 is 0 Å². The van der Waals surface area contributed by atoms with E-state index in [4.69, 9.17) is 10.7 Å². The molecule has 0 aliphatic carbocycles. The van der Waals surface area contributed by atoms with Gasteiger partial charge in [-0.2, -0.15) is 0 Å². The zero-order chi connectivity index (χ0) is 25.9. The normalized spacial score (nSPS) is 17.7. The third kappa shape index (κ3) is 5.08. The number of nitrogens with two attached hydrogens (primary N) is 1. The fourth-order valence-corrected chi connectivity index (χ4v) is 6.01. The van der Waals surface area contributed by atoms with E-state index in [-0.39, 0.29) is 23.8 Å². The van der Waals surface area contributed by atoms with Gasteiger partial charge in [-0.15, -0.1) is 11.3 Å². The maximum Gasteiger partial charge on any atom is 0.246 e. The number of likely N-dealkylation sites (tertiary alicyclic amines) is 1. The summed E-state index contributed by atoms with van der Waals surface area (Å²) in [4.78, 5) is 33.0. The number of hydrogen-bond acceptors (Lipinski definition) is 5. The van der Waals surface area contributed by atoms with Gasteiger partial charge in [-0.05, 0) is 43.7 Å². The zero-order valence-corrected chi connectivity index (χ0v) is 22.3. The Morgan fingerprint density at radius 2 is 1.64 bits per heavy atom. The third-order valence-corrected chi connectivity index (χ3v) is 8.15. The molecule has 4 rings (SSSR count). The molecule has 0 radical (unpaired) electrons. The van der Waals surface area contributed by atoms with Crippen LogP contribution in [0.2, 0.25) is 0 Å². The molecule has 0 unspecified atom stereocenters. The lowest BCUT2D eigenvalue weighted by Gasteiger charge is -2.31. The molecule has 0 spiro atoms. The number of rotatable bonds is 8. The Hall–Kier alpha value is -3.03. The number of nitrogens with zero attached hydrogens (tertiary/aromatic N) is 2. The molecule has 3 aromatic rings. The maximum absolute atomic E-state index is 13.6. The number of amides is 2. The standard InChI is InChI=1S/C29H36N4O2S/c1-19(2)25(32-26(34)20(3)30)28(35)33-17-11-16-23(33)27-31-24(18-36-27)29(4,21-12-7-5-8-13-21)22-14-9-6-10-15-22/h5-10,12-15,18-20,23,25H,11,16-17,30H2,1-4H3,(H,32,34)/t20-,23-,25-/m0/s1. The van der Waals surface area contributed by atoms with E-state index < -0.39 is 17.5 Å². The Morgan fingerprint density at radius 3 is 2.17 bits per heavy atom. The first-order valence-corrected chi connectivity index (χ1v) is 13.5. The highest BCUT2D eigenvalue weighted by molar-refractivity contribution is 7.09. The smallest absolute Gasteiger partial charge is 0.246 e. The van der Waals surface area contributed by atoms with Crippen LogP contribution in [0.15, 0.2) is 66.0 Å². The predicted octanol–water partition coefficient (Wildman–Crippen LogP) is 4.65. The third-order valence-electron chi connectivity index (χ3n) is 7.20. The van der Waals surface area contributed by atoms with E-state index in [0.29, 0.717) is 6.54 Å². The summed E-state index contributed by atoms with van der Waals surface area (Å²) in [6.45, 7) is 8.39. The van der Waals surface area contributed by atoms with Gasteiger partial charge in [0.05, 0.1) is 23.2 Å². The first-order chi connectivity index (χ1) is 17.2. The van der Waals surface area contributed by atoms with Crippen molar-refractivity contribution in [3.8, 4) is 0 Å². The highest BCUT2D eigenvalue weighted by Gasteiger charge is 2.39. The lowest BCUT2D eigenvalue weighted by molar-refractivity contribution is -0.138. The zero-order valence-electron chi connectivity index (χ0n) is 21.5. The molecule has 1 aliphatic rings. The summed E-state index contributed by atoms with van der Waals surface area (Å²) in [5, 5.41) is 5.94. The summed E-state index contributed by atoms with van der Waals surface area (Å²) in [6, 6.07) is 19.5. The molecule has 1 saturated heterocycles. The van der Waals surface area contributed by atoms with Crippen LogP contribution in [0.25, 0.3) is 0 Å². The molecule has 2 amide bonds. The second-order valence-electron chi connectivity index (χ2n) is 10.1. The summed E-state index contributed by atoms with van der Waals surface area (Å²) in [5.41, 5.74) is 8.65. The Kier molecular flexibility index (Phi) is 7.91. The first-order valence-electron chi connectivity index (χ1n) is 12.7. The molecule has 1 aromatic heterocycles. The van der Waals surface area contributed by atoms with Crippen LogP contribution in [0.5, 0.6) is 0 Å². The number of nitrogens with one attached hydrogen (secondary N) is 1. The SMILES string of the molecule is CC(C)[C@H](NC(=O)[C@H](C)N)C(=O)N1CCC[C@H]1c1nc(C(C)(c2ccccc2)c2ccccc2)cs1. The minimum atomic E-state index is -0.663. The van der Waals surface area contributed by atoms with Crippen LogP contribution >= 0.6 is 11.3 Å². The van der Waals surface area contributed by atoms with Gasteiger partial charge in [-0.3, -0.25) is 9.59 Å². The quantitative estimate of drug-likeness (QED) is 0.467. The van der Waals surface area contributed by atoms with Crippen molar-refractivity contribution >= 4 is 23.2 Å². The van der Waals surface area contributed by atoms with E-state index in [9.17, 15) is 9.59 Å². The van der Waals surface area contributed by atoms with Crippen LogP contribution in [0.4, 0.5) is 0 Å². The number of carbonyl (C=O) groups excluding carboxylic acids is 2. The predicted molar refractivity (Wildman–Crippen MR) is 145 cm³/mol. The largest absolute Gasteiger partial charge is 0.343 e. The average Bonchev–Trinajstić information content (AvgIpc) is 3.57. The number of aromatic nitrogens is 1. The molecular weight excluding hydrogens is 468 g/mol. The Bertz CT molecular complexity index is 1140. The average molecular weight is 505 g/mol. The van der Waals surface area contributed by atoms with Gasteiger partial charge in [0.1, 0.15) is 11.0 Å². The fraction of sp³-hybridized carbons (Fsp3) is 0.414. The Balaban J connectivity index is 1.66. The molecule has 0 bridgehead atoms. The van der Waals surface area contributed by atoms with Crippen molar-refractivity contribution in [1.82, 2.24) is 15.2 Å². The van der Waals surface area contributed by atoms with Gasteiger partial charge in [0.2, 0.25) is 11.8 Å². The summed E-state index contributed by atoms with van der Waals surface area (Å²) >= 11 is 1.61. The molecule has 1 fully saturated rings. The van der Waals surface area contributed by atoms with Crippen molar-refractivity contribution in [3.63, 3.8) is 0 Å². The minimum absolute atomic E-state index is 0.0484. The van der Waals surface area contributed by atoms with E-state index in [1.807, 2.05) is 30.9 Å². The van der Waals surface area contributed by atoms with Crippen LogP contribution in [-0.2, 0) is 15.0 Å². The van der Waals surface area contributed by atoms with Crippen LogP contribution in [0, 0.1) is 5.92 Å². The number of benzene rings is 2. The van der Waals surface area contributed by atoms with Crippen molar-refractivity contribution < 1.29 is 9.59 Å².